The maximum Gasteiger partial charge on any atom is 0.326 e. The average molecular weight is 278 g/mol. The lowest BCUT2D eigenvalue weighted by atomic mass is 10.0. The van der Waals surface area contributed by atoms with Crippen LogP contribution in [-0.2, 0) is 11.3 Å². The highest BCUT2D eigenvalue weighted by Crippen LogP contribution is 2.29. The highest BCUT2D eigenvalue weighted by Gasteiger charge is 2.38. The van der Waals surface area contributed by atoms with Crippen molar-refractivity contribution in [2.45, 2.75) is 26.4 Å². The van der Waals surface area contributed by atoms with Gasteiger partial charge in [-0.25, -0.2) is 4.79 Å². The summed E-state index contributed by atoms with van der Waals surface area (Å²) in [5.74, 6) is -1.79. The van der Waals surface area contributed by atoms with Crippen LogP contribution in [0.4, 0.5) is 5.69 Å². The molecule has 1 aliphatic rings. The third-order valence-electron chi connectivity index (χ3n) is 3.36. The molecule has 1 amide bonds. The number of amides is 1. The summed E-state index contributed by atoms with van der Waals surface area (Å²) in [5, 5.41) is 20.0. The van der Waals surface area contributed by atoms with Crippen molar-refractivity contribution < 1.29 is 19.6 Å². The SMILES string of the molecule is CC(C)C(C(=O)O)N1Cc2ccc([N+](=O)[O-])cc2C1=O. The summed E-state index contributed by atoms with van der Waals surface area (Å²) < 4.78 is 0. The van der Waals surface area contributed by atoms with E-state index >= 15 is 0 Å². The molecule has 1 aromatic rings. The number of carbonyl (C=O) groups excluding carboxylic acids is 1. The first kappa shape index (κ1) is 14.0. The molecule has 1 atom stereocenters. The Morgan fingerprint density at radius 2 is 2.10 bits per heavy atom. The van der Waals surface area contributed by atoms with Crippen LogP contribution in [0.3, 0.4) is 0 Å². The van der Waals surface area contributed by atoms with E-state index in [4.69, 9.17) is 0 Å². The Bertz CT molecular complexity index is 596. The molecular weight excluding hydrogens is 264 g/mol. The highest BCUT2D eigenvalue weighted by atomic mass is 16.6. The fraction of sp³-hybridized carbons (Fsp3) is 0.385. The summed E-state index contributed by atoms with van der Waals surface area (Å²) in [6.45, 7) is 3.61. The Labute approximate surface area is 115 Å². The zero-order valence-electron chi connectivity index (χ0n) is 11.1. The summed E-state index contributed by atoms with van der Waals surface area (Å²) in [5.41, 5.74) is 0.661. The summed E-state index contributed by atoms with van der Waals surface area (Å²) in [4.78, 5) is 35.0. The first-order valence-corrected chi connectivity index (χ1v) is 6.14. The van der Waals surface area contributed by atoms with Crippen LogP contribution in [0, 0.1) is 16.0 Å². The van der Waals surface area contributed by atoms with Gasteiger partial charge in [0.15, 0.2) is 0 Å². The number of carboxylic acid groups (broad SMARTS) is 1. The number of non-ortho nitro benzene ring substituents is 1. The second-order valence-electron chi connectivity index (χ2n) is 5.06. The first-order valence-electron chi connectivity index (χ1n) is 6.14. The second kappa shape index (κ2) is 4.92. The number of carboxylic acids is 1. The number of hydrogen-bond acceptors (Lipinski definition) is 4. The van der Waals surface area contributed by atoms with Crippen LogP contribution in [0.15, 0.2) is 18.2 Å². The van der Waals surface area contributed by atoms with Crippen LogP contribution >= 0.6 is 0 Å². The number of nitro benzene ring substituents is 1. The number of benzene rings is 1. The number of rotatable bonds is 4. The molecule has 0 bridgehead atoms. The van der Waals surface area contributed by atoms with E-state index in [9.17, 15) is 24.8 Å². The zero-order valence-corrected chi connectivity index (χ0v) is 11.1. The fourth-order valence-electron chi connectivity index (χ4n) is 2.43. The first-order chi connectivity index (χ1) is 9.32. The van der Waals surface area contributed by atoms with Crippen molar-refractivity contribution in [2.24, 2.45) is 5.92 Å². The van der Waals surface area contributed by atoms with Crippen molar-refractivity contribution in [3.63, 3.8) is 0 Å². The number of carbonyl (C=O) groups is 2. The largest absolute Gasteiger partial charge is 0.480 e. The fourth-order valence-corrected chi connectivity index (χ4v) is 2.43. The monoisotopic (exact) mass is 278 g/mol. The number of fused-ring (bicyclic) bond motifs is 1. The highest BCUT2D eigenvalue weighted by molar-refractivity contribution is 6.01. The van der Waals surface area contributed by atoms with Gasteiger partial charge in [0.1, 0.15) is 6.04 Å². The molecule has 7 heteroatoms. The molecule has 1 aromatic carbocycles. The van der Waals surface area contributed by atoms with E-state index in [1.165, 1.54) is 23.1 Å². The Kier molecular flexibility index (Phi) is 3.44. The van der Waals surface area contributed by atoms with Crippen molar-refractivity contribution >= 4 is 17.6 Å². The number of nitrogens with zero attached hydrogens (tertiary/aromatic N) is 2. The molecule has 0 radical (unpaired) electrons. The molecule has 0 aromatic heterocycles. The van der Waals surface area contributed by atoms with Crippen LogP contribution in [0.25, 0.3) is 0 Å². The Balaban J connectivity index is 2.38. The van der Waals surface area contributed by atoms with Crippen LogP contribution < -0.4 is 0 Å². The molecule has 7 nitrogen and oxygen atoms in total. The van der Waals surface area contributed by atoms with Crippen molar-refractivity contribution in [1.29, 1.82) is 0 Å². The molecule has 0 aliphatic carbocycles. The van der Waals surface area contributed by atoms with Gasteiger partial charge in [0.25, 0.3) is 11.6 Å². The van der Waals surface area contributed by atoms with E-state index in [0.717, 1.165) is 0 Å². The van der Waals surface area contributed by atoms with Gasteiger partial charge in [-0.1, -0.05) is 13.8 Å². The van der Waals surface area contributed by atoms with Crippen LogP contribution in [-0.4, -0.2) is 32.8 Å². The number of hydrogen-bond donors (Lipinski definition) is 1. The quantitative estimate of drug-likeness (QED) is 0.666. The molecule has 0 spiro atoms. The molecule has 0 saturated heterocycles. The van der Waals surface area contributed by atoms with Gasteiger partial charge in [0.05, 0.1) is 10.5 Å². The normalized spacial score (nSPS) is 15.3. The average Bonchev–Trinajstić information content (AvgIpc) is 2.65. The zero-order chi connectivity index (χ0) is 15.0. The summed E-state index contributed by atoms with van der Waals surface area (Å²) in [6.07, 6.45) is 0. The Morgan fingerprint density at radius 3 is 2.60 bits per heavy atom. The van der Waals surface area contributed by atoms with Crippen LogP contribution in [0.2, 0.25) is 0 Å². The predicted molar refractivity (Wildman–Crippen MR) is 69.2 cm³/mol. The topological polar surface area (TPSA) is 101 Å². The standard InChI is InChI=1S/C13H14N2O5/c1-7(2)11(13(17)18)14-6-8-3-4-9(15(19)20)5-10(8)12(14)16/h3-5,7,11H,6H2,1-2H3,(H,17,18). The molecule has 106 valence electrons. The molecule has 1 heterocycles. The van der Waals surface area contributed by atoms with Crippen molar-refractivity contribution in [3.8, 4) is 0 Å². The smallest absolute Gasteiger partial charge is 0.326 e. The van der Waals surface area contributed by atoms with Crippen molar-refractivity contribution in [2.75, 3.05) is 0 Å². The lowest BCUT2D eigenvalue weighted by Gasteiger charge is -2.27. The van der Waals surface area contributed by atoms with Gasteiger partial charge in [-0.05, 0) is 17.5 Å². The minimum Gasteiger partial charge on any atom is -0.480 e. The summed E-state index contributed by atoms with van der Waals surface area (Å²) >= 11 is 0. The third-order valence-corrected chi connectivity index (χ3v) is 3.36. The summed E-state index contributed by atoms with van der Waals surface area (Å²) in [6, 6.07) is 3.09. The minimum atomic E-state index is -1.07. The van der Waals surface area contributed by atoms with Crippen LogP contribution in [0.1, 0.15) is 29.8 Å². The van der Waals surface area contributed by atoms with E-state index < -0.39 is 22.8 Å². The molecule has 0 saturated carbocycles. The van der Waals surface area contributed by atoms with E-state index in [-0.39, 0.29) is 23.7 Å². The van der Waals surface area contributed by atoms with Gasteiger partial charge in [-0.3, -0.25) is 14.9 Å². The van der Waals surface area contributed by atoms with Gasteiger partial charge in [-0.2, -0.15) is 0 Å². The van der Waals surface area contributed by atoms with E-state index in [1.54, 1.807) is 13.8 Å². The van der Waals surface area contributed by atoms with Gasteiger partial charge in [0.2, 0.25) is 0 Å². The maximum absolute atomic E-state index is 12.3. The molecule has 20 heavy (non-hydrogen) atoms. The van der Waals surface area contributed by atoms with E-state index in [0.29, 0.717) is 5.56 Å². The van der Waals surface area contributed by atoms with Gasteiger partial charge >= 0.3 is 5.97 Å². The third kappa shape index (κ3) is 2.22. The number of aliphatic carboxylic acids is 1. The second-order valence-corrected chi connectivity index (χ2v) is 5.06. The lowest BCUT2D eigenvalue weighted by Crippen LogP contribution is -2.44. The molecular formula is C13H14N2O5. The molecule has 2 rings (SSSR count). The molecule has 0 fully saturated rings. The van der Waals surface area contributed by atoms with Gasteiger partial charge in [-0.15, -0.1) is 0 Å². The maximum atomic E-state index is 12.3. The van der Waals surface area contributed by atoms with E-state index in [2.05, 4.69) is 0 Å². The van der Waals surface area contributed by atoms with Gasteiger partial charge < -0.3 is 10.0 Å². The number of nitro groups is 1. The molecule has 1 unspecified atom stereocenters. The van der Waals surface area contributed by atoms with E-state index in [1.807, 2.05) is 0 Å². The van der Waals surface area contributed by atoms with Crippen molar-refractivity contribution in [3.05, 3.63) is 39.4 Å². The minimum absolute atomic E-state index is 0.168. The Morgan fingerprint density at radius 1 is 1.45 bits per heavy atom. The van der Waals surface area contributed by atoms with Crippen molar-refractivity contribution in [1.82, 2.24) is 4.90 Å². The molecule has 1 N–H and O–H groups in total. The van der Waals surface area contributed by atoms with Crippen LogP contribution in [0.5, 0.6) is 0 Å². The molecule has 1 aliphatic heterocycles. The summed E-state index contributed by atoms with van der Waals surface area (Å²) in [7, 11) is 0. The Hall–Kier alpha value is -2.44. The lowest BCUT2D eigenvalue weighted by molar-refractivity contribution is -0.384. The predicted octanol–water partition coefficient (Wildman–Crippen LogP) is 1.66. The van der Waals surface area contributed by atoms with Gasteiger partial charge in [0, 0.05) is 18.7 Å².